The third-order valence-electron chi connectivity index (χ3n) is 5.02. The number of carboxylic acids is 1. The van der Waals surface area contributed by atoms with Gasteiger partial charge in [-0.05, 0) is 29.5 Å². The van der Waals surface area contributed by atoms with Gasteiger partial charge in [0.2, 0.25) is 5.76 Å². The standard InChI is InChI=1S/C25H27ClO4/c26-16-8-3-1-2-4-9-17-29-22-18-30-24(25(27)28)23(22)21-14-12-20(13-15-21)19-10-6-5-7-11-19/h5-7,10-15,18H,1-4,8-9,16-17H2,(H,27,28). The molecule has 3 rings (SSSR count). The van der Waals surface area contributed by atoms with E-state index in [1.165, 1.54) is 12.7 Å². The lowest BCUT2D eigenvalue weighted by molar-refractivity contribution is 0.0663. The van der Waals surface area contributed by atoms with Crippen molar-refractivity contribution in [1.29, 1.82) is 0 Å². The summed E-state index contributed by atoms with van der Waals surface area (Å²) >= 11 is 5.69. The zero-order chi connectivity index (χ0) is 21.2. The Balaban J connectivity index is 1.66. The topological polar surface area (TPSA) is 59.7 Å². The maximum atomic E-state index is 11.6. The second-order valence-electron chi connectivity index (χ2n) is 7.21. The molecule has 1 aromatic heterocycles. The summed E-state index contributed by atoms with van der Waals surface area (Å²) in [5, 5.41) is 9.53. The van der Waals surface area contributed by atoms with Crippen molar-refractivity contribution in [2.75, 3.05) is 12.5 Å². The van der Waals surface area contributed by atoms with Crippen LogP contribution in [0.15, 0.2) is 65.3 Å². The molecule has 158 valence electrons. The lowest BCUT2D eigenvalue weighted by Crippen LogP contribution is -2.00. The molecular weight excluding hydrogens is 400 g/mol. The molecule has 5 heteroatoms. The van der Waals surface area contributed by atoms with Gasteiger partial charge >= 0.3 is 5.97 Å². The van der Waals surface area contributed by atoms with Crippen molar-refractivity contribution >= 4 is 17.6 Å². The van der Waals surface area contributed by atoms with Crippen LogP contribution in [-0.4, -0.2) is 23.6 Å². The van der Waals surface area contributed by atoms with Gasteiger partial charge in [-0.1, -0.05) is 80.3 Å². The maximum absolute atomic E-state index is 11.6. The van der Waals surface area contributed by atoms with Gasteiger partial charge in [0.15, 0.2) is 5.75 Å². The second kappa shape index (κ2) is 11.5. The van der Waals surface area contributed by atoms with E-state index >= 15 is 0 Å². The summed E-state index contributed by atoms with van der Waals surface area (Å²) in [7, 11) is 0. The smallest absolute Gasteiger partial charge is 0.372 e. The quantitative estimate of drug-likeness (QED) is 0.244. The van der Waals surface area contributed by atoms with Crippen LogP contribution in [-0.2, 0) is 0 Å². The minimum Gasteiger partial charge on any atom is -0.490 e. The van der Waals surface area contributed by atoms with Crippen molar-refractivity contribution in [1.82, 2.24) is 0 Å². The average Bonchev–Trinajstić information content (AvgIpc) is 3.20. The fourth-order valence-electron chi connectivity index (χ4n) is 3.42. The normalized spacial score (nSPS) is 10.8. The van der Waals surface area contributed by atoms with Gasteiger partial charge in [-0.2, -0.15) is 0 Å². The molecule has 0 saturated carbocycles. The molecule has 0 unspecified atom stereocenters. The molecule has 30 heavy (non-hydrogen) atoms. The number of ether oxygens (including phenoxy) is 1. The third-order valence-corrected chi connectivity index (χ3v) is 5.29. The number of unbranched alkanes of at least 4 members (excludes halogenated alkanes) is 5. The molecule has 0 saturated heterocycles. The summed E-state index contributed by atoms with van der Waals surface area (Å²) in [4.78, 5) is 11.6. The van der Waals surface area contributed by atoms with Gasteiger partial charge in [0.1, 0.15) is 6.26 Å². The SMILES string of the molecule is O=C(O)c1occ(OCCCCCCCCCl)c1-c1ccc(-c2ccccc2)cc1. The second-order valence-corrected chi connectivity index (χ2v) is 7.59. The van der Waals surface area contributed by atoms with Crippen LogP contribution < -0.4 is 4.74 Å². The van der Waals surface area contributed by atoms with E-state index in [4.69, 9.17) is 20.8 Å². The van der Waals surface area contributed by atoms with E-state index in [2.05, 4.69) is 0 Å². The first-order valence-corrected chi connectivity index (χ1v) is 10.9. The number of rotatable bonds is 12. The lowest BCUT2D eigenvalue weighted by atomic mass is 10.00. The Morgan fingerprint density at radius 1 is 0.833 bits per heavy atom. The van der Waals surface area contributed by atoms with Crippen LogP contribution >= 0.6 is 11.6 Å². The highest BCUT2D eigenvalue weighted by molar-refractivity contribution is 6.17. The first-order chi connectivity index (χ1) is 14.7. The molecule has 2 aromatic carbocycles. The average molecular weight is 427 g/mol. The molecule has 1 heterocycles. The molecule has 0 radical (unpaired) electrons. The van der Waals surface area contributed by atoms with Gasteiger partial charge in [0.25, 0.3) is 0 Å². The molecule has 0 aliphatic heterocycles. The Bertz CT molecular complexity index is 916. The van der Waals surface area contributed by atoms with Crippen LogP contribution in [0.25, 0.3) is 22.3 Å². The van der Waals surface area contributed by atoms with Crippen LogP contribution in [0.5, 0.6) is 5.75 Å². The van der Waals surface area contributed by atoms with Crippen molar-refractivity contribution < 1.29 is 19.1 Å². The number of halogens is 1. The molecule has 0 atom stereocenters. The molecule has 0 bridgehead atoms. The molecule has 4 nitrogen and oxygen atoms in total. The number of carbonyl (C=O) groups is 1. The Kier molecular flexibility index (Phi) is 8.40. The van der Waals surface area contributed by atoms with Crippen molar-refractivity contribution in [3.05, 3.63) is 66.6 Å². The molecular formula is C25H27ClO4. The van der Waals surface area contributed by atoms with E-state index in [1.807, 2.05) is 54.6 Å². The number of hydrogen-bond acceptors (Lipinski definition) is 3. The van der Waals surface area contributed by atoms with Crippen LogP contribution in [0.1, 0.15) is 49.1 Å². The largest absolute Gasteiger partial charge is 0.490 e. The van der Waals surface area contributed by atoms with Gasteiger partial charge < -0.3 is 14.3 Å². The molecule has 0 amide bonds. The molecule has 1 N–H and O–H groups in total. The minimum absolute atomic E-state index is 0.0986. The van der Waals surface area contributed by atoms with E-state index in [-0.39, 0.29) is 5.76 Å². The summed E-state index contributed by atoms with van der Waals surface area (Å²) in [5.74, 6) is -0.00300. The first kappa shape index (κ1) is 22.0. The Hall–Kier alpha value is -2.72. The maximum Gasteiger partial charge on any atom is 0.372 e. The summed E-state index contributed by atoms with van der Waals surface area (Å²) in [5.41, 5.74) is 3.43. The Labute approximate surface area is 182 Å². The fourth-order valence-corrected chi connectivity index (χ4v) is 3.61. The predicted molar refractivity (Wildman–Crippen MR) is 120 cm³/mol. The van der Waals surface area contributed by atoms with E-state index in [9.17, 15) is 9.90 Å². The monoisotopic (exact) mass is 426 g/mol. The molecule has 3 aromatic rings. The Morgan fingerprint density at radius 2 is 1.43 bits per heavy atom. The number of hydrogen-bond donors (Lipinski definition) is 1. The molecule has 0 fully saturated rings. The van der Waals surface area contributed by atoms with E-state index in [1.54, 1.807) is 0 Å². The lowest BCUT2D eigenvalue weighted by Gasteiger charge is -2.09. The number of alkyl halides is 1. The van der Waals surface area contributed by atoms with Gasteiger partial charge in [0.05, 0.1) is 12.2 Å². The summed E-state index contributed by atoms with van der Waals surface area (Å²) in [6.07, 6.45) is 7.95. The van der Waals surface area contributed by atoms with Crippen LogP contribution in [0.2, 0.25) is 0 Å². The molecule has 0 aliphatic rings. The van der Waals surface area contributed by atoms with Crippen molar-refractivity contribution in [2.45, 2.75) is 38.5 Å². The van der Waals surface area contributed by atoms with E-state index in [0.717, 1.165) is 54.7 Å². The zero-order valence-corrected chi connectivity index (χ0v) is 17.7. The molecule has 0 aliphatic carbocycles. The highest BCUT2D eigenvalue weighted by atomic mass is 35.5. The van der Waals surface area contributed by atoms with Crippen molar-refractivity contribution in [2.24, 2.45) is 0 Å². The van der Waals surface area contributed by atoms with Crippen molar-refractivity contribution in [3.63, 3.8) is 0 Å². The summed E-state index contributed by atoms with van der Waals surface area (Å²) in [6.45, 7) is 0.531. The van der Waals surface area contributed by atoms with Gasteiger partial charge in [-0.25, -0.2) is 4.79 Å². The first-order valence-electron chi connectivity index (χ1n) is 10.4. The fraction of sp³-hybridized carbons (Fsp3) is 0.320. The van der Waals surface area contributed by atoms with Gasteiger partial charge in [-0.3, -0.25) is 0 Å². The number of benzene rings is 2. The highest BCUT2D eigenvalue weighted by Gasteiger charge is 2.22. The number of carboxylic acid groups (broad SMARTS) is 1. The van der Waals surface area contributed by atoms with Gasteiger partial charge in [-0.15, -0.1) is 11.6 Å². The van der Waals surface area contributed by atoms with Crippen molar-refractivity contribution in [3.8, 4) is 28.0 Å². The predicted octanol–water partition coefficient (Wildman–Crippen LogP) is 7.27. The van der Waals surface area contributed by atoms with Crippen LogP contribution in [0, 0.1) is 0 Å². The third kappa shape index (κ3) is 5.90. The number of aromatic carboxylic acids is 1. The van der Waals surface area contributed by atoms with E-state index < -0.39 is 5.97 Å². The minimum atomic E-state index is -1.11. The van der Waals surface area contributed by atoms with Crippen LogP contribution in [0.3, 0.4) is 0 Å². The van der Waals surface area contributed by atoms with Crippen LogP contribution in [0.4, 0.5) is 0 Å². The number of furan rings is 1. The Morgan fingerprint density at radius 3 is 2.10 bits per heavy atom. The highest BCUT2D eigenvalue weighted by Crippen LogP contribution is 2.36. The van der Waals surface area contributed by atoms with Gasteiger partial charge in [0, 0.05) is 5.88 Å². The summed E-state index contributed by atoms with van der Waals surface area (Å²) < 4.78 is 11.2. The zero-order valence-electron chi connectivity index (χ0n) is 17.0. The summed E-state index contributed by atoms with van der Waals surface area (Å²) in [6, 6.07) is 17.8. The molecule has 0 spiro atoms. The van der Waals surface area contributed by atoms with E-state index in [0.29, 0.717) is 17.9 Å².